The molecule has 0 aliphatic rings. The van der Waals surface area contributed by atoms with E-state index >= 15 is 0 Å². The third-order valence-electron chi connectivity index (χ3n) is 2.82. The van der Waals surface area contributed by atoms with Gasteiger partial charge in [0, 0.05) is 18.5 Å². The highest BCUT2D eigenvalue weighted by atomic mass is 32.1. The second-order valence-corrected chi connectivity index (χ2v) is 6.21. The van der Waals surface area contributed by atoms with Crippen LogP contribution < -0.4 is 10.6 Å². The van der Waals surface area contributed by atoms with E-state index < -0.39 is 0 Å². The molecule has 1 aromatic carbocycles. The molecule has 2 amide bonds. The molecule has 0 atom stereocenters. The zero-order valence-electron chi connectivity index (χ0n) is 12.7. The highest BCUT2D eigenvalue weighted by Gasteiger charge is 2.11. The summed E-state index contributed by atoms with van der Waals surface area (Å²) in [6.45, 7) is 5.51. The number of hydrogen-bond donors (Lipinski definition) is 2. The maximum absolute atomic E-state index is 12.0. The maximum Gasteiger partial charge on any atom is 0.230 e. The normalized spacial score (nSPS) is 10.5. The fourth-order valence-electron chi connectivity index (χ4n) is 1.78. The molecule has 2 aromatic rings. The van der Waals surface area contributed by atoms with Gasteiger partial charge in [0.1, 0.15) is 5.01 Å². The first kappa shape index (κ1) is 16.1. The molecule has 0 radical (unpaired) electrons. The summed E-state index contributed by atoms with van der Waals surface area (Å²) >= 11 is 1.39. The van der Waals surface area contributed by atoms with E-state index in [1.54, 1.807) is 12.1 Å². The number of benzene rings is 1. The van der Waals surface area contributed by atoms with Crippen LogP contribution in [-0.4, -0.2) is 22.0 Å². The Bertz CT molecular complexity index is 664. The smallest absolute Gasteiger partial charge is 0.230 e. The van der Waals surface area contributed by atoms with E-state index in [1.165, 1.54) is 18.3 Å². The van der Waals surface area contributed by atoms with Gasteiger partial charge in [-0.05, 0) is 17.7 Å². The molecule has 2 rings (SSSR count). The Hall–Kier alpha value is -2.28. The lowest BCUT2D eigenvalue weighted by atomic mass is 10.1. The van der Waals surface area contributed by atoms with Gasteiger partial charge < -0.3 is 10.6 Å². The van der Waals surface area contributed by atoms with E-state index in [2.05, 4.69) is 20.8 Å². The molecule has 0 unspecified atom stereocenters. The largest absolute Gasteiger partial charge is 0.326 e. The molecular formula is C15H18N4O2S. The summed E-state index contributed by atoms with van der Waals surface area (Å²) in [6.07, 6.45) is 0.247. The molecule has 6 nitrogen and oxygen atoms in total. The molecule has 0 fully saturated rings. The number of carbonyl (C=O) groups is 2. The fraction of sp³-hybridized carbons (Fsp3) is 0.333. The van der Waals surface area contributed by atoms with Crippen LogP contribution in [0.1, 0.15) is 37.3 Å². The Morgan fingerprint density at radius 2 is 1.82 bits per heavy atom. The van der Waals surface area contributed by atoms with Gasteiger partial charge in [0.15, 0.2) is 0 Å². The van der Waals surface area contributed by atoms with Crippen molar-refractivity contribution in [1.82, 2.24) is 10.2 Å². The van der Waals surface area contributed by atoms with Crippen molar-refractivity contribution in [2.75, 3.05) is 10.6 Å². The Labute approximate surface area is 133 Å². The van der Waals surface area contributed by atoms with Crippen LogP contribution in [0.25, 0.3) is 0 Å². The highest BCUT2D eigenvalue weighted by Crippen LogP contribution is 2.22. The number of hydrogen-bond acceptors (Lipinski definition) is 5. The van der Waals surface area contributed by atoms with Gasteiger partial charge in [-0.1, -0.05) is 37.3 Å². The summed E-state index contributed by atoms with van der Waals surface area (Å²) < 4.78 is 0. The van der Waals surface area contributed by atoms with Gasteiger partial charge in [0.2, 0.25) is 16.9 Å². The van der Waals surface area contributed by atoms with Crippen LogP contribution >= 0.6 is 11.3 Å². The van der Waals surface area contributed by atoms with Crippen LogP contribution in [-0.2, 0) is 16.0 Å². The first-order chi connectivity index (χ1) is 10.4. The van der Waals surface area contributed by atoms with E-state index in [1.807, 2.05) is 26.0 Å². The lowest BCUT2D eigenvalue weighted by Gasteiger charge is -2.04. The second kappa shape index (κ2) is 7.13. The number of anilines is 2. The van der Waals surface area contributed by atoms with E-state index in [-0.39, 0.29) is 18.2 Å². The van der Waals surface area contributed by atoms with Crippen LogP contribution in [0.2, 0.25) is 0 Å². The number of amides is 2. The molecule has 1 aromatic heterocycles. The lowest BCUT2D eigenvalue weighted by Crippen LogP contribution is -2.14. The van der Waals surface area contributed by atoms with Gasteiger partial charge in [-0.3, -0.25) is 9.59 Å². The first-order valence-electron chi connectivity index (χ1n) is 6.94. The SMILES string of the molecule is CC(=O)Nc1ccc(CC(=O)Nc2nnc(C(C)C)s2)cc1. The Morgan fingerprint density at radius 1 is 1.14 bits per heavy atom. The minimum Gasteiger partial charge on any atom is -0.326 e. The molecule has 1 heterocycles. The van der Waals surface area contributed by atoms with Crippen LogP contribution in [0.15, 0.2) is 24.3 Å². The van der Waals surface area contributed by atoms with Gasteiger partial charge in [0.05, 0.1) is 6.42 Å². The molecule has 2 N–H and O–H groups in total. The zero-order valence-corrected chi connectivity index (χ0v) is 13.5. The molecule has 116 valence electrons. The fourth-order valence-corrected chi connectivity index (χ4v) is 2.54. The summed E-state index contributed by atoms with van der Waals surface area (Å²) in [5.74, 6) is 0.0333. The van der Waals surface area contributed by atoms with Crippen LogP contribution in [0.3, 0.4) is 0 Å². The predicted molar refractivity (Wildman–Crippen MR) is 87.1 cm³/mol. The third kappa shape index (κ3) is 4.63. The summed E-state index contributed by atoms with van der Waals surface area (Å²) in [6, 6.07) is 7.16. The molecule has 0 saturated carbocycles. The molecular weight excluding hydrogens is 300 g/mol. The topological polar surface area (TPSA) is 84.0 Å². The molecule has 0 aliphatic heterocycles. The average molecular weight is 318 g/mol. The zero-order chi connectivity index (χ0) is 16.1. The summed E-state index contributed by atoms with van der Waals surface area (Å²) in [4.78, 5) is 22.9. The summed E-state index contributed by atoms with van der Waals surface area (Å²) in [5, 5.41) is 14.8. The van der Waals surface area contributed by atoms with Crippen molar-refractivity contribution in [1.29, 1.82) is 0 Å². The van der Waals surface area contributed by atoms with Crippen molar-refractivity contribution in [3.8, 4) is 0 Å². The Balaban J connectivity index is 1.92. The monoisotopic (exact) mass is 318 g/mol. The molecule has 0 bridgehead atoms. The average Bonchev–Trinajstić information content (AvgIpc) is 2.89. The van der Waals surface area contributed by atoms with Gasteiger partial charge >= 0.3 is 0 Å². The summed E-state index contributed by atoms with van der Waals surface area (Å²) in [5.41, 5.74) is 1.57. The number of rotatable bonds is 5. The quantitative estimate of drug-likeness (QED) is 0.888. The second-order valence-electron chi connectivity index (χ2n) is 5.20. The first-order valence-corrected chi connectivity index (χ1v) is 7.75. The Kier molecular flexibility index (Phi) is 5.21. The van der Waals surface area contributed by atoms with Crippen LogP contribution in [0.4, 0.5) is 10.8 Å². The maximum atomic E-state index is 12.0. The minimum absolute atomic E-state index is 0.122. The van der Waals surface area contributed by atoms with E-state index in [0.29, 0.717) is 16.7 Å². The highest BCUT2D eigenvalue weighted by molar-refractivity contribution is 7.15. The number of aromatic nitrogens is 2. The van der Waals surface area contributed by atoms with Crippen molar-refractivity contribution < 1.29 is 9.59 Å². The van der Waals surface area contributed by atoms with Crippen molar-refractivity contribution in [3.05, 3.63) is 34.8 Å². The third-order valence-corrected chi connectivity index (χ3v) is 3.96. The minimum atomic E-state index is -0.140. The molecule has 0 saturated heterocycles. The van der Waals surface area contributed by atoms with Gasteiger partial charge in [0.25, 0.3) is 0 Å². The van der Waals surface area contributed by atoms with Gasteiger partial charge in [-0.15, -0.1) is 10.2 Å². The van der Waals surface area contributed by atoms with Crippen molar-refractivity contribution in [2.45, 2.75) is 33.1 Å². The molecule has 7 heteroatoms. The summed E-state index contributed by atoms with van der Waals surface area (Å²) in [7, 11) is 0. The lowest BCUT2D eigenvalue weighted by molar-refractivity contribution is -0.116. The number of carbonyl (C=O) groups excluding carboxylic acids is 2. The molecule has 0 aliphatic carbocycles. The number of nitrogens with zero attached hydrogens (tertiary/aromatic N) is 2. The van der Waals surface area contributed by atoms with E-state index in [4.69, 9.17) is 0 Å². The van der Waals surface area contributed by atoms with Crippen LogP contribution in [0, 0.1) is 0 Å². The standard InChI is InChI=1S/C15H18N4O2S/c1-9(2)14-18-19-15(22-14)17-13(21)8-11-4-6-12(7-5-11)16-10(3)20/h4-7,9H,8H2,1-3H3,(H,16,20)(H,17,19,21). The van der Waals surface area contributed by atoms with Crippen molar-refractivity contribution >= 4 is 34.0 Å². The molecule has 0 spiro atoms. The van der Waals surface area contributed by atoms with Crippen molar-refractivity contribution in [2.24, 2.45) is 0 Å². The van der Waals surface area contributed by atoms with E-state index in [0.717, 1.165) is 10.6 Å². The van der Waals surface area contributed by atoms with E-state index in [9.17, 15) is 9.59 Å². The predicted octanol–water partition coefficient (Wildman–Crippen LogP) is 2.80. The Morgan fingerprint density at radius 3 is 2.36 bits per heavy atom. The number of nitrogens with one attached hydrogen (secondary N) is 2. The van der Waals surface area contributed by atoms with Crippen LogP contribution in [0.5, 0.6) is 0 Å². The van der Waals surface area contributed by atoms with Gasteiger partial charge in [-0.2, -0.15) is 0 Å². The van der Waals surface area contributed by atoms with Crippen molar-refractivity contribution in [3.63, 3.8) is 0 Å². The molecule has 22 heavy (non-hydrogen) atoms. The van der Waals surface area contributed by atoms with Gasteiger partial charge in [-0.25, -0.2) is 0 Å².